The summed E-state index contributed by atoms with van der Waals surface area (Å²) < 4.78 is 13.7. The number of halogens is 3. The van der Waals surface area contributed by atoms with Crippen LogP contribution >= 0.6 is 23.2 Å². The summed E-state index contributed by atoms with van der Waals surface area (Å²) in [5.74, 6) is 5.04. The maximum atomic E-state index is 13.7. The number of benzene rings is 1. The van der Waals surface area contributed by atoms with Crippen molar-refractivity contribution in [2.24, 2.45) is 5.84 Å². The predicted molar refractivity (Wildman–Crippen MR) is 69.8 cm³/mol. The SMILES string of the molecule is NNC(c1ccc(Cl)c(Cl)c1)c1ccncc1F. The molecule has 0 aliphatic heterocycles. The van der Waals surface area contributed by atoms with Gasteiger partial charge in [-0.2, -0.15) is 0 Å². The van der Waals surface area contributed by atoms with E-state index in [0.717, 1.165) is 11.8 Å². The van der Waals surface area contributed by atoms with Gasteiger partial charge in [0.2, 0.25) is 0 Å². The first-order chi connectivity index (χ1) is 8.63. The van der Waals surface area contributed by atoms with Gasteiger partial charge < -0.3 is 0 Å². The van der Waals surface area contributed by atoms with Crippen LogP contribution < -0.4 is 11.3 Å². The molecule has 1 unspecified atom stereocenters. The number of hydrazine groups is 1. The second-order valence-corrected chi connectivity index (χ2v) is 4.48. The molecule has 0 fully saturated rings. The van der Waals surface area contributed by atoms with Gasteiger partial charge in [0.25, 0.3) is 0 Å². The van der Waals surface area contributed by atoms with E-state index in [1.54, 1.807) is 24.3 Å². The van der Waals surface area contributed by atoms with Crippen LogP contribution in [-0.4, -0.2) is 4.98 Å². The molecule has 0 saturated carbocycles. The molecular weight excluding hydrogens is 276 g/mol. The zero-order chi connectivity index (χ0) is 13.1. The summed E-state index contributed by atoms with van der Waals surface area (Å²) >= 11 is 11.8. The van der Waals surface area contributed by atoms with Gasteiger partial charge in [0.1, 0.15) is 5.82 Å². The molecule has 18 heavy (non-hydrogen) atoms. The Morgan fingerprint density at radius 2 is 2.00 bits per heavy atom. The van der Waals surface area contributed by atoms with Crippen LogP contribution in [0.3, 0.4) is 0 Å². The first-order valence-electron chi connectivity index (χ1n) is 5.14. The lowest BCUT2D eigenvalue weighted by Crippen LogP contribution is -2.29. The largest absolute Gasteiger partial charge is 0.271 e. The Bertz CT molecular complexity index is 563. The van der Waals surface area contributed by atoms with Crippen molar-refractivity contribution in [1.29, 1.82) is 0 Å². The van der Waals surface area contributed by atoms with Gasteiger partial charge in [-0.3, -0.25) is 10.8 Å². The molecule has 6 heteroatoms. The normalized spacial score (nSPS) is 12.4. The van der Waals surface area contributed by atoms with E-state index in [0.29, 0.717) is 15.6 Å². The highest BCUT2D eigenvalue weighted by Gasteiger charge is 2.17. The quantitative estimate of drug-likeness (QED) is 0.673. The minimum absolute atomic E-state index is 0.392. The van der Waals surface area contributed by atoms with Crippen molar-refractivity contribution in [3.8, 4) is 0 Å². The Labute approximate surface area is 114 Å². The summed E-state index contributed by atoms with van der Waals surface area (Å²) in [6, 6.07) is 6.07. The van der Waals surface area contributed by atoms with Gasteiger partial charge in [-0.05, 0) is 23.8 Å². The van der Waals surface area contributed by atoms with Crippen molar-refractivity contribution < 1.29 is 4.39 Å². The Morgan fingerprint density at radius 3 is 2.61 bits per heavy atom. The Hall–Kier alpha value is -1.20. The molecule has 94 valence electrons. The molecule has 3 nitrogen and oxygen atoms in total. The summed E-state index contributed by atoms with van der Waals surface area (Å²) in [6.07, 6.45) is 2.64. The third kappa shape index (κ3) is 2.62. The highest BCUT2D eigenvalue weighted by atomic mass is 35.5. The molecule has 1 atom stereocenters. The molecule has 0 radical (unpaired) electrons. The number of nitrogens with one attached hydrogen (secondary N) is 1. The number of aromatic nitrogens is 1. The molecule has 0 saturated heterocycles. The van der Waals surface area contributed by atoms with Crippen LogP contribution in [0.1, 0.15) is 17.2 Å². The Morgan fingerprint density at radius 1 is 1.22 bits per heavy atom. The van der Waals surface area contributed by atoms with Gasteiger partial charge in [-0.15, -0.1) is 0 Å². The van der Waals surface area contributed by atoms with E-state index in [4.69, 9.17) is 29.0 Å². The van der Waals surface area contributed by atoms with Crippen LogP contribution in [0.5, 0.6) is 0 Å². The van der Waals surface area contributed by atoms with Crippen LogP contribution in [0, 0.1) is 5.82 Å². The van der Waals surface area contributed by atoms with Crippen molar-refractivity contribution in [2.75, 3.05) is 0 Å². The molecular formula is C12H10Cl2FN3. The van der Waals surface area contributed by atoms with E-state index in [2.05, 4.69) is 10.4 Å². The molecule has 0 aliphatic rings. The fourth-order valence-electron chi connectivity index (χ4n) is 1.68. The predicted octanol–water partition coefficient (Wildman–Crippen LogP) is 3.08. The van der Waals surface area contributed by atoms with Crippen molar-refractivity contribution in [1.82, 2.24) is 10.4 Å². The van der Waals surface area contributed by atoms with E-state index in [1.807, 2.05) is 0 Å². The number of nitrogens with zero attached hydrogens (tertiary/aromatic N) is 1. The fraction of sp³-hybridized carbons (Fsp3) is 0.0833. The summed E-state index contributed by atoms with van der Waals surface area (Å²) in [5.41, 5.74) is 3.67. The van der Waals surface area contributed by atoms with Crippen LogP contribution in [-0.2, 0) is 0 Å². The third-order valence-corrected chi connectivity index (χ3v) is 3.30. The van der Waals surface area contributed by atoms with Crippen LogP contribution in [0.15, 0.2) is 36.7 Å². The molecule has 2 aromatic rings. The molecule has 0 aliphatic carbocycles. The van der Waals surface area contributed by atoms with Crippen LogP contribution in [0.4, 0.5) is 4.39 Å². The number of nitrogens with two attached hydrogens (primary N) is 1. The average Bonchev–Trinajstić information content (AvgIpc) is 2.37. The van der Waals surface area contributed by atoms with Crippen molar-refractivity contribution in [2.45, 2.75) is 6.04 Å². The van der Waals surface area contributed by atoms with E-state index >= 15 is 0 Å². The fourth-order valence-corrected chi connectivity index (χ4v) is 1.98. The lowest BCUT2D eigenvalue weighted by molar-refractivity contribution is 0.555. The molecule has 2 rings (SSSR count). The minimum Gasteiger partial charge on any atom is -0.271 e. The van der Waals surface area contributed by atoms with Gasteiger partial charge in [0.15, 0.2) is 0 Å². The number of hydrogen-bond acceptors (Lipinski definition) is 3. The van der Waals surface area contributed by atoms with Gasteiger partial charge in [-0.1, -0.05) is 29.3 Å². The monoisotopic (exact) mass is 285 g/mol. The molecule has 0 amide bonds. The van der Waals surface area contributed by atoms with E-state index in [-0.39, 0.29) is 0 Å². The highest BCUT2D eigenvalue weighted by molar-refractivity contribution is 6.42. The molecule has 0 spiro atoms. The second-order valence-electron chi connectivity index (χ2n) is 3.67. The van der Waals surface area contributed by atoms with Gasteiger partial charge in [-0.25, -0.2) is 9.82 Å². The van der Waals surface area contributed by atoms with E-state index in [9.17, 15) is 4.39 Å². The van der Waals surface area contributed by atoms with Crippen molar-refractivity contribution in [3.05, 3.63) is 63.6 Å². The van der Waals surface area contributed by atoms with E-state index < -0.39 is 11.9 Å². The zero-order valence-corrected chi connectivity index (χ0v) is 10.7. The minimum atomic E-state index is -0.511. The summed E-state index contributed by atoms with van der Waals surface area (Å²) in [4.78, 5) is 3.70. The zero-order valence-electron chi connectivity index (χ0n) is 9.20. The molecule has 1 heterocycles. The topological polar surface area (TPSA) is 50.9 Å². The van der Waals surface area contributed by atoms with Crippen LogP contribution in [0.2, 0.25) is 10.0 Å². The third-order valence-electron chi connectivity index (χ3n) is 2.56. The second kappa shape index (κ2) is 5.63. The van der Waals surface area contributed by atoms with Crippen molar-refractivity contribution >= 4 is 23.2 Å². The highest BCUT2D eigenvalue weighted by Crippen LogP contribution is 2.29. The smallest absolute Gasteiger partial charge is 0.146 e. The summed E-state index contributed by atoms with van der Waals surface area (Å²) in [7, 11) is 0. The van der Waals surface area contributed by atoms with Gasteiger partial charge in [0.05, 0.1) is 22.3 Å². The van der Waals surface area contributed by atoms with Crippen LogP contribution in [0.25, 0.3) is 0 Å². The Kier molecular flexibility index (Phi) is 4.14. The number of pyridine rings is 1. The average molecular weight is 286 g/mol. The van der Waals surface area contributed by atoms with Crippen molar-refractivity contribution in [3.63, 3.8) is 0 Å². The number of rotatable bonds is 3. The Balaban J connectivity index is 2.45. The maximum Gasteiger partial charge on any atom is 0.146 e. The molecule has 1 aromatic carbocycles. The van der Waals surface area contributed by atoms with E-state index in [1.165, 1.54) is 6.20 Å². The molecule has 0 bridgehead atoms. The summed E-state index contributed by atoms with van der Waals surface area (Å²) in [6.45, 7) is 0. The maximum absolute atomic E-state index is 13.7. The first kappa shape index (κ1) is 13.2. The lowest BCUT2D eigenvalue weighted by atomic mass is 10.00. The molecule has 1 aromatic heterocycles. The number of hydrogen-bond donors (Lipinski definition) is 2. The van der Waals surface area contributed by atoms with Gasteiger partial charge >= 0.3 is 0 Å². The van der Waals surface area contributed by atoms with Gasteiger partial charge in [0, 0.05) is 11.8 Å². The molecule has 3 N–H and O–H groups in total. The standard InChI is InChI=1S/C12H10Cl2FN3/c13-9-2-1-7(5-10(9)14)12(18-16)8-3-4-17-6-11(8)15/h1-6,12,18H,16H2. The lowest BCUT2D eigenvalue weighted by Gasteiger charge is -2.17. The summed E-state index contributed by atoms with van der Waals surface area (Å²) in [5, 5.41) is 0.829. The first-order valence-corrected chi connectivity index (χ1v) is 5.89.